The van der Waals surface area contributed by atoms with Crippen LogP contribution in [0.2, 0.25) is 0 Å². The molecule has 0 aromatic carbocycles. The van der Waals surface area contributed by atoms with Crippen molar-refractivity contribution >= 4 is 23.1 Å². The summed E-state index contributed by atoms with van der Waals surface area (Å²) in [7, 11) is 0. The molecule has 5 heteroatoms. The van der Waals surface area contributed by atoms with E-state index in [9.17, 15) is 4.79 Å². The second-order valence-corrected chi connectivity index (χ2v) is 4.23. The van der Waals surface area contributed by atoms with E-state index in [0.29, 0.717) is 6.42 Å². The summed E-state index contributed by atoms with van der Waals surface area (Å²) in [6.07, 6.45) is 2.41. The molecule has 3 N–H and O–H groups in total. The number of nitrogens with two attached hydrogens (primary N) is 1. The third kappa shape index (κ3) is 3.76. The smallest absolute Gasteiger partial charge is 0.230 e. The molecular weight excluding hydrogens is 212 g/mol. The molecular formula is C10H18N2O2S. The lowest BCUT2D eigenvalue weighted by atomic mass is 10.0. The van der Waals surface area contributed by atoms with Crippen LogP contribution in [0.1, 0.15) is 26.2 Å². The van der Waals surface area contributed by atoms with Crippen LogP contribution >= 0.6 is 12.2 Å². The molecule has 1 saturated heterocycles. The van der Waals surface area contributed by atoms with Crippen LogP contribution in [0.5, 0.6) is 0 Å². The molecule has 0 aromatic heterocycles. The Morgan fingerprint density at radius 3 is 2.67 bits per heavy atom. The molecule has 0 saturated carbocycles. The van der Waals surface area contributed by atoms with Gasteiger partial charge in [-0.05, 0) is 19.3 Å². The summed E-state index contributed by atoms with van der Waals surface area (Å²) >= 11 is 4.85. The van der Waals surface area contributed by atoms with E-state index in [1.807, 2.05) is 6.92 Å². The van der Waals surface area contributed by atoms with Crippen molar-refractivity contribution in [1.29, 1.82) is 0 Å². The Balaban J connectivity index is 2.42. The number of hydrogen-bond donors (Lipinski definition) is 2. The van der Waals surface area contributed by atoms with Crippen LogP contribution in [0, 0.1) is 5.92 Å². The highest BCUT2D eigenvalue weighted by Crippen LogP contribution is 2.09. The van der Waals surface area contributed by atoms with Gasteiger partial charge in [-0.1, -0.05) is 19.1 Å². The molecule has 1 fully saturated rings. The van der Waals surface area contributed by atoms with E-state index in [2.05, 4.69) is 5.32 Å². The Kier molecular flexibility index (Phi) is 4.98. The van der Waals surface area contributed by atoms with E-state index in [-0.39, 0.29) is 22.9 Å². The predicted molar refractivity (Wildman–Crippen MR) is 62.6 cm³/mol. The van der Waals surface area contributed by atoms with Crippen LogP contribution in [0.15, 0.2) is 0 Å². The highest BCUT2D eigenvalue weighted by atomic mass is 32.1. The Labute approximate surface area is 95.5 Å². The highest BCUT2D eigenvalue weighted by Gasteiger charge is 2.23. The molecule has 1 rings (SSSR count). The van der Waals surface area contributed by atoms with Gasteiger partial charge in [-0.2, -0.15) is 0 Å². The minimum absolute atomic E-state index is 0.0445. The van der Waals surface area contributed by atoms with E-state index in [1.54, 1.807) is 0 Å². The summed E-state index contributed by atoms with van der Waals surface area (Å²) in [6.45, 7) is 3.34. The molecule has 1 atom stereocenters. The van der Waals surface area contributed by atoms with Crippen LogP contribution in [-0.4, -0.2) is 30.2 Å². The summed E-state index contributed by atoms with van der Waals surface area (Å²) < 4.78 is 5.21. The number of thiocarbonyl (C=S) groups is 1. The Hall–Kier alpha value is -0.680. The maximum atomic E-state index is 11.8. The summed E-state index contributed by atoms with van der Waals surface area (Å²) in [5.41, 5.74) is 5.50. The van der Waals surface area contributed by atoms with E-state index in [1.165, 1.54) is 0 Å². The van der Waals surface area contributed by atoms with Gasteiger partial charge in [0.15, 0.2) is 0 Å². The first-order valence-electron chi connectivity index (χ1n) is 5.32. The zero-order valence-electron chi connectivity index (χ0n) is 8.99. The lowest BCUT2D eigenvalue weighted by Crippen LogP contribution is -2.44. The van der Waals surface area contributed by atoms with Crippen LogP contribution < -0.4 is 11.1 Å². The monoisotopic (exact) mass is 230 g/mol. The number of nitrogens with one attached hydrogen (secondary N) is 1. The van der Waals surface area contributed by atoms with Gasteiger partial charge in [-0.25, -0.2) is 0 Å². The molecule has 1 unspecified atom stereocenters. The summed E-state index contributed by atoms with van der Waals surface area (Å²) in [4.78, 5) is 12.0. The van der Waals surface area contributed by atoms with E-state index < -0.39 is 0 Å². The number of ether oxygens (including phenoxy) is 1. The first kappa shape index (κ1) is 12.4. The minimum Gasteiger partial charge on any atom is -0.393 e. The van der Waals surface area contributed by atoms with Gasteiger partial charge >= 0.3 is 0 Å². The quantitative estimate of drug-likeness (QED) is 0.694. The minimum atomic E-state index is -0.331. The van der Waals surface area contributed by atoms with Gasteiger partial charge in [0.05, 0.1) is 10.9 Å². The third-order valence-corrected chi connectivity index (χ3v) is 2.92. The zero-order chi connectivity index (χ0) is 11.3. The fraction of sp³-hybridized carbons (Fsp3) is 0.800. The van der Waals surface area contributed by atoms with Crippen molar-refractivity contribution in [2.75, 3.05) is 13.2 Å². The Morgan fingerprint density at radius 1 is 1.60 bits per heavy atom. The topological polar surface area (TPSA) is 64.3 Å². The largest absolute Gasteiger partial charge is 0.393 e. The van der Waals surface area contributed by atoms with Crippen molar-refractivity contribution in [3.05, 3.63) is 0 Å². The van der Waals surface area contributed by atoms with E-state index >= 15 is 0 Å². The van der Waals surface area contributed by atoms with E-state index in [0.717, 1.165) is 26.1 Å². The van der Waals surface area contributed by atoms with Crippen LogP contribution in [-0.2, 0) is 9.53 Å². The van der Waals surface area contributed by atoms with Crippen LogP contribution in [0.4, 0.5) is 0 Å². The maximum Gasteiger partial charge on any atom is 0.230 e. The van der Waals surface area contributed by atoms with Crippen molar-refractivity contribution in [3.63, 3.8) is 0 Å². The lowest BCUT2D eigenvalue weighted by Gasteiger charge is -2.25. The molecule has 4 nitrogen and oxygen atoms in total. The number of carbonyl (C=O) groups is 1. The van der Waals surface area contributed by atoms with Crippen LogP contribution in [0.25, 0.3) is 0 Å². The van der Waals surface area contributed by atoms with Crippen molar-refractivity contribution in [1.82, 2.24) is 5.32 Å². The summed E-state index contributed by atoms with van der Waals surface area (Å²) in [5.74, 6) is -0.375. The highest BCUT2D eigenvalue weighted by molar-refractivity contribution is 7.80. The Bertz CT molecular complexity index is 240. The number of amides is 1. The van der Waals surface area contributed by atoms with Crippen molar-refractivity contribution < 1.29 is 9.53 Å². The van der Waals surface area contributed by atoms with Crippen LogP contribution in [0.3, 0.4) is 0 Å². The molecule has 1 aliphatic rings. The van der Waals surface area contributed by atoms with E-state index in [4.69, 9.17) is 22.7 Å². The van der Waals surface area contributed by atoms with Gasteiger partial charge in [0.25, 0.3) is 0 Å². The summed E-state index contributed by atoms with van der Waals surface area (Å²) in [6, 6.07) is 0.217. The fourth-order valence-corrected chi connectivity index (χ4v) is 1.93. The third-order valence-electron chi connectivity index (χ3n) is 2.64. The van der Waals surface area contributed by atoms with Crippen molar-refractivity contribution in [2.45, 2.75) is 32.2 Å². The zero-order valence-corrected chi connectivity index (χ0v) is 9.81. The standard InChI is InChI=1S/C10H18N2O2S/c1-2-8(9(11)15)10(13)12-7-3-5-14-6-4-7/h7-8H,2-6H2,1H3,(H2,11,15)(H,12,13). The predicted octanol–water partition coefficient (Wildman–Crippen LogP) is 0.594. The van der Waals surface area contributed by atoms with Gasteiger partial charge in [0.1, 0.15) is 0 Å². The number of hydrogen-bond acceptors (Lipinski definition) is 3. The average Bonchev–Trinajstić information content (AvgIpc) is 2.19. The second-order valence-electron chi connectivity index (χ2n) is 3.76. The molecule has 0 radical (unpaired) electrons. The van der Waals surface area contributed by atoms with Gasteiger partial charge in [-0.3, -0.25) is 4.79 Å². The molecule has 1 amide bonds. The summed E-state index contributed by atoms with van der Waals surface area (Å²) in [5, 5.41) is 2.96. The average molecular weight is 230 g/mol. The Morgan fingerprint density at radius 2 is 2.20 bits per heavy atom. The molecule has 0 aromatic rings. The number of carbonyl (C=O) groups excluding carboxylic acids is 1. The van der Waals surface area contributed by atoms with Crippen molar-refractivity contribution in [3.8, 4) is 0 Å². The van der Waals surface area contributed by atoms with Gasteiger partial charge in [0, 0.05) is 19.3 Å². The maximum absolute atomic E-state index is 11.8. The SMILES string of the molecule is CCC(C(=O)NC1CCOCC1)C(N)=S. The van der Waals surface area contributed by atoms with Crippen molar-refractivity contribution in [2.24, 2.45) is 11.7 Å². The molecule has 15 heavy (non-hydrogen) atoms. The normalized spacial score (nSPS) is 19.5. The van der Waals surface area contributed by atoms with Gasteiger partial charge in [-0.15, -0.1) is 0 Å². The fourth-order valence-electron chi connectivity index (χ4n) is 1.66. The molecule has 0 aliphatic carbocycles. The lowest BCUT2D eigenvalue weighted by molar-refractivity contribution is -0.124. The first-order chi connectivity index (χ1) is 7.15. The first-order valence-corrected chi connectivity index (χ1v) is 5.73. The molecule has 0 bridgehead atoms. The number of rotatable bonds is 4. The van der Waals surface area contributed by atoms with Gasteiger partial charge in [0.2, 0.25) is 5.91 Å². The molecule has 0 spiro atoms. The molecule has 1 heterocycles. The van der Waals surface area contributed by atoms with Gasteiger partial charge < -0.3 is 15.8 Å². The molecule has 86 valence electrons. The molecule has 1 aliphatic heterocycles. The second kappa shape index (κ2) is 6.02.